The molecule has 1 aromatic rings. The summed E-state index contributed by atoms with van der Waals surface area (Å²) in [6.07, 6.45) is 3.82. The van der Waals surface area contributed by atoms with E-state index in [1.54, 1.807) is 6.07 Å². The van der Waals surface area contributed by atoms with E-state index in [4.69, 9.17) is 10.00 Å². The number of unbranched alkanes of at least 4 members (excludes halogenated alkanes) is 1. The van der Waals surface area contributed by atoms with E-state index in [0.717, 1.165) is 24.2 Å². The highest BCUT2D eigenvalue weighted by molar-refractivity contribution is 5.41. The number of rotatable bonds is 5. The third-order valence-electron chi connectivity index (χ3n) is 2.14. The molecular weight excluding hydrogens is 186 g/mol. The Hall–Kier alpha value is -1.75. The number of aryl methyl sites for hydroxylation is 1. The molecule has 0 unspecified atom stereocenters. The number of hydrogen-bond donors (Lipinski definition) is 0. The molecule has 0 spiro atoms. The van der Waals surface area contributed by atoms with Crippen molar-refractivity contribution in [3.8, 4) is 11.8 Å². The molecule has 0 amide bonds. The fourth-order valence-electron chi connectivity index (χ4n) is 1.27. The van der Waals surface area contributed by atoms with E-state index in [9.17, 15) is 0 Å². The summed E-state index contributed by atoms with van der Waals surface area (Å²) in [7, 11) is 0. The third-order valence-corrected chi connectivity index (χ3v) is 2.14. The van der Waals surface area contributed by atoms with Gasteiger partial charge in [-0.25, -0.2) is 0 Å². The zero-order valence-corrected chi connectivity index (χ0v) is 8.99. The van der Waals surface area contributed by atoms with Crippen LogP contribution >= 0.6 is 0 Å². The lowest BCUT2D eigenvalue weighted by Crippen LogP contribution is -1.97. The number of ether oxygens (including phenoxy) is 1. The number of hydrogen-bond acceptors (Lipinski definition) is 2. The van der Waals surface area contributed by atoms with Crippen LogP contribution in [0.3, 0.4) is 0 Å². The maximum atomic E-state index is 8.75. The van der Waals surface area contributed by atoms with Crippen LogP contribution in [0.25, 0.3) is 0 Å². The van der Waals surface area contributed by atoms with Crippen molar-refractivity contribution in [1.29, 1.82) is 5.26 Å². The monoisotopic (exact) mass is 201 g/mol. The van der Waals surface area contributed by atoms with Crippen LogP contribution in [0.5, 0.6) is 5.75 Å². The Bertz CT molecular complexity index is 377. The zero-order valence-electron chi connectivity index (χ0n) is 8.99. The van der Waals surface area contributed by atoms with E-state index in [1.807, 2.05) is 25.1 Å². The van der Waals surface area contributed by atoms with Crippen molar-refractivity contribution in [3.63, 3.8) is 0 Å². The Morgan fingerprint density at radius 2 is 2.33 bits per heavy atom. The molecule has 0 aromatic heterocycles. The number of benzene rings is 1. The van der Waals surface area contributed by atoms with Gasteiger partial charge < -0.3 is 4.74 Å². The van der Waals surface area contributed by atoms with Gasteiger partial charge in [0.05, 0.1) is 18.2 Å². The molecule has 0 heterocycles. The van der Waals surface area contributed by atoms with Crippen LogP contribution in [-0.2, 0) is 0 Å². The van der Waals surface area contributed by atoms with E-state index in [-0.39, 0.29) is 0 Å². The van der Waals surface area contributed by atoms with E-state index in [0.29, 0.717) is 12.2 Å². The average molecular weight is 201 g/mol. The molecule has 1 aromatic carbocycles. The average Bonchev–Trinajstić information content (AvgIpc) is 2.25. The molecule has 1 rings (SSSR count). The van der Waals surface area contributed by atoms with Gasteiger partial charge >= 0.3 is 0 Å². The minimum atomic E-state index is 0.692. The molecule has 0 radical (unpaired) electrons. The molecule has 0 N–H and O–H groups in total. The summed E-state index contributed by atoms with van der Waals surface area (Å²) in [5.41, 5.74) is 1.66. The molecule has 0 saturated carbocycles. The normalized spacial score (nSPS) is 9.33. The summed E-state index contributed by atoms with van der Waals surface area (Å²) >= 11 is 0. The summed E-state index contributed by atoms with van der Waals surface area (Å²) in [6.45, 7) is 6.25. The minimum absolute atomic E-state index is 0.692. The van der Waals surface area contributed by atoms with E-state index in [1.165, 1.54) is 0 Å². The van der Waals surface area contributed by atoms with Crippen molar-refractivity contribution in [1.82, 2.24) is 0 Å². The maximum absolute atomic E-state index is 8.75. The summed E-state index contributed by atoms with van der Waals surface area (Å²) in [6, 6.07) is 7.65. The van der Waals surface area contributed by atoms with Gasteiger partial charge in [0.15, 0.2) is 0 Å². The summed E-state index contributed by atoms with van der Waals surface area (Å²) in [5.74, 6) is 0.829. The third kappa shape index (κ3) is 3.47. The number of nitriles is 1. The van der Waals surface area contributed by atoms with Crippen LogP contribution < -0.4 is 4.74 Å². The first-order chi connectivity index (χ1) is 7.27. The molecule has 0 atom stereocenters. The molecule has 2 nitrogen and oxygen atoms in total. The van der Waals surface area contributed by atoms with Crippen LogP contribution in [0.15, 0.2) is 30.9 Å². The highest BCUT2D eigenvalue weighted by Gasteiger charge is 1.99. The summed E-state index contributed by atoms with van der Waals surface area (Å²) in [4.78, 5) is 0. The molecule has 15 heavy (non-hydrogen) atoms. The predicted octanol–water partition coefficient (Wildman–Crippen LogP) is 3.21. The van der Waals surface area contributed by atoms with Gasteiger partial charge in [0.25, 0.3) is 0 Å². The highest BCUT2D eigenvalue weighted by atomic mass is 16.5. The van der Waals surface area contributed by atoms with Crippen molar-refractivity contribution < 1.29 is 4.74 Å². The topological polar surface area (TPSA) is 33.0 Å². The maximum Gasteiger partial charge on any atom is 0.119 e. The Morgan fingerprint density at radius 3 is 2.93 bits per heavy atom. The molecule has 0 bridgehead atoms. The quantitative estimate of drug-likeness (QED) is 0.541. The zero-order chi connectivity index (χ0) is 11.1. The molecule has 78 valence electrons. The van der Waals surface area contributed by atoms with Gasteiger partial charge in [-0.2, -0.15) is 5.26 Å². The predicted molar refractivity (Wildman–Crippen MR) is 60.8 cm³/mol. The molecule has 0 aliphatic heterocycles. The Labute approximate surface area is 90.8 Å². The molecule has 0 aliphatic carbocycles. The van der Waals surface area contributed by atoms with Gasteiger partial charge in [-0.05, 0) is 43.5 Å². The fourth-order valence-corrected chi connectivity index (χ4v) is 1.27. The lowest BCUT2D eigenvalue weighted by atomic mass is 10.1. The SMILES string of the molecule is C=CCCCOc1ccc(C#N)c(C)c1. The molecule has 0 fully saturated rings. The lowest BCUT2D eigenvalue weighted by Gasteiger charge is -2.06. The van der Waals surface area contributed by atoms with Gasteiger partial charge in [0.2, 0.25) is 0 Å². The molecule has 0 saturated heterocycles. The molecule has 0 aliphatic rings. The van der Waals surface area contributed by atoms with Gasteiger partial charge in [-0.3, -0.25) is 0 Å². The van der Waals surface area contributed by atoms with E-state index >= 15 is 0 Å². The molecular formula is C13H15NO. The fraction of sp³-hybridized carbons (Fsp3) is 0.308. The second-order valence-electron chi connectivity index (χ2n) is 3.37. The van der Waals surface area contributed by atoms with Crippen LogP contribution in [0.1, 0.15) is 24.0 Å². The van der Waals surface area contributed by atoms with Crippen LogP contribution in [0.4, 0.5) is 0 Å². The first kappa shape index (κ1) is 11.3. The van der Waals surface area contributed by atoms with Gasteiger partial charge in [0.1, 0.15) is 5.75 Å². The Kier molecular flexibility index (Phi) is 4.43. The first-order valence-corrected chi connectivity index (χ1v) is 5.02. The largest absolute Gasteiger partial charge is 0.494 e. The van der Waals surface area contributed by atoms with Crippen LogP contribution in [0.2, 0.25) is 0 Å². The van der Waals surface area contributed by atoms with Gasteiger partial charge in [-0.1, -0.05) is 6.08 Å². The van der Waals surface area contributed by atoms with Gasteiger partial charge in [0, 0.05) is 0 Å². The van der Waals surface area contributed by atoms with E-state index in [2.05, 4.69) is 12.6 Å². The lowest BCUT2D eigenvalue weighted by molar-refractivity contribution is 0.312. The van der Waals surface area contributed by atoms with Crippen molar-refractivity contribution in [2.75, 3.05) is 6.61 Å². The van der Waals surface area contributed by atoms with Crippen molar-refractivity contribution in [2.24, 2.45) is 0 Å². The standard InChI is InChI=1S/C13H15NO/c1-3-4-5-8-15-13-7-6-12(10-14)11(2)9-13/h3,6-7,9H,1,4-5,8H2,2H3. The smallest absolute Gasteiger partial charge is 0.119 e. The second kappa shape index (κ2) is 5.87. The van der Waals surface area contributed by atoms with Crippen LogP contribution in [0, 0.1) is 18.3 Å². The van der Waals surface area contributed by atoms with Crippen LogP contribution in [-0.4, -0.2) is 6.61 Å². The summed E-state index contributed by atoms with van der Waals surface area (Å²) in [5, 5.41) is 8.75. The Balaban J connectivity index is 2.53. The molecule has 2 heteroatoms. The minimum Gasteiger partial charge on any atom is -0.494 e. The summed E-state index contributed by atoms with van der Waals surface area (Å²) < 4.78 is 5.53. The van der Waals surface area contributed by atoms with Crippen molar-refractivity contribution in [3.05, 3.63) is 42.0 Å². The van der Waals surface area contributed by atoms with E-state index < -0.39 is 0 Å². The highest BCUT2D eigenvalue weighted by Crippen LogP contribution is 2.16. The van der Waals surface area contributed by atoms with Crippen molar-refractivity contribution >= 4 is 0 Å². The Morgan fingerprint density at radius 1 is 1.53 bits per heavy atom. The number of allylic oxidation sites excluding steroid dienone is 1. The van der Waals surface area contributed by atoms with Crippen molar-refractivity contribution in [2.45, 2.75) is 19.8 Å². The second-order valence-corrected chi connectivity index (χ2v) is 3.37. The number of nitrogens with zero attached hydrogens (tertiary/aromatic N) is 1. The van der Waals surface area contributed by atoms with Gasteiger partial charge in [-0.15, -0.1) is 6.58 Å². The first-order valence-electron chi connectivity index (χ1n) is 5.02.